The van der Waals surface area contributed by atoms with E-state index in [1.54, 1.807) is 0 Å². The Kier molecular flexibility index (Phi) is 3.02. The molecular formula is C21H20N2. The molecule has 0 aliphatic rings. The average Bonchev–Trinajstić information content (AvgIpc) is 3.03. The number of hydrogen-bond donors (Lipinski definition) is 0. The average molecular weight is 300 g/mol. The van der Waals surface area contributed by atoms with Crippen molar-refractivity contribution >= 4 is 16.6 Å². The van der Waals surface area contributed by atoms with Gasteiger partial charge in [0.05, 0.1) is 22.2 Å². The highest BCUT2D eigenvalue weighted by atomic mass is 14.9. The van der Waals surface area contributed by atoms with Gasteiger partial charge in [-0.3, -0.25) is 0 Å². The predicted molar refractivity (Wildman–Crippen MR) is 96.8 cm³/mol. The van der Waals surface area contributed by atoms with Crippen LogP contribution in [0.15, 0.2) is 66.9 Å². The molecule has 0 unspecified atom stereocenters. The standard InChI is InChI=1S/C21H20N2/c1-21(2,3)16-12-10-15(11-13-16)20-19-9-6-14-23(19)18-8-5-4-7-17(18)22-20/h4-14H,1-3H3. The summed E-state index contributed by atoms with van der Waals surface area (Å²) in [7, 11) is 0. The molecule has 0 N–H and O–H groups in total. The number of aromatic nitrogens is 2. The normalized spacial score (nSPS) is 12.1. The molecule has 2 heterocycles. The van der Waals surface area contributed by atoms with Crippen molar-refractivity contribution in [2.24, 2.45) is 0 Å². The molecule has 23 heavy (non-hydrogen) atoms. The summed E-state index contributed by atoms with van der Waals surface area (Å²) in [5.74, 6) is 0. The Morgan fingerprint density at radius 3 is 2.22 bits per heavy atom. The Labute approximate surface area is 136 Å². The highest BCUT2D eigenvalue weighted by Crippen LogP contribution is 2.29. The second kappa shape index (κ2) is 4.95. The van der Waals surface area contributed by atoms with Crippen molar-refractivity contribution in [3.8, 4) is 11.3 Å². The molecular weight excluding hydrogens is 280 g/mol. The van der Waals surface area contributed by atoms with E-state index in [1.165, 1.54) is 5.56 Å². The molecule has 0 saturated heterocycles. The van der Waals surface area contributed by atoms with E-state index in [1.807, 2.05) is 6.07 Å². The van der Waals surface area contributed by atoms with Crippen LogP contribution in [0, 0.1) is 0 Å². The molecule has 0 amide bonds. The van der Waals surface area contributed by atoms with E-state index in [4.69, 9.17) is 4.98 Å². The SMILES string of the molecule is CC(C)(C)c1ccc(-c2nc3ccccc3n3cccc23)cc1. The van der Waals surface area contributed by atoms with Crippen molar-refractivity contribution in [1.29, 1.82) is 0 Å². The Morgan fingerprint density at radius 1 is 0.783 bits per heavy atom. The molecule has 4 rings (SSSR count). The van der Waals surface area contributed by atoms with Gasteiger partial charge >= 0.3 is 0 Å². The molecule has 4 aromatic rings. The van der Waals surface area contributed by atoms with Gasteiger partial charge in [-0.2, -0.15) is 0 Å². The predicted octanol–water partition coefficient (Wildman–Crippen LogP) is 5.45. The quantitative estimate of drug-likeness (QED) is 0.457. The minimum Gasteiger partial charge on any atom is -0.313 e. The largest absolute Gasteiger partial charge is 0.313 e. The van der Waals surface area contributed by atoms with Crippen LogP contribution in [0.1, 0.15) is 26.3 Å². The van der Waals surface area contributed by atoms with E-state index in [0.717, 1.165) is 27.8 Å². The first-order valence-corrected chi connectivity index (χ1v) is 8.01. The number of hydrogen-bond acceptors (Lipinski definition) is 1. The van der Waals surface area contributed by atoms with Crippen molar-refractivity contribution in [2.75, 3.05) is 0 Å². The fourth-order valence-corrected chi connectivity index (χ4v) is 3.06. The fraction of sp³-hybridized carbons (Fsp3) is 0.190. The van der Waals surface area contributed by atoms with Crippen LogP contribution in [0.2, 0.25) is 0 Å². The zero-order valence-corrected chi connectivity index (χ0v) is 13.7. The Balaban J connectivity index is 1.95. The Bertz CT molecular complexity index is 986. The van der Waals surface area contributed by atoms with Gasteiger partial charge in [-0.15, -0.1) is 0 Å². The van der Waals surface area contributed by atoms with Crippen LogP contribution in [0.5, 0.6) is 0 Å². The summed E-state index contributed by atoms with van der Waals surface area (Å²) in [6, 6.07) is 21.3. The molecule has 0 radical (unpaired) electrons. The van der Waals surface area contributed by atoms with Crippen LogP contribution in [-0.2, 0) is 5.41 Å². The first kappa shape index (κ1) is 14.0. The fourth-order valence-electron chi connectivity index (χ4n) is 3.06. The number of para-hydroxylation sites is 2. The van der Waals surface area contributed by atoms with Gasteiger partial charge in [0.25, 0.3) is 0 Å². The van der Waals surface area contributed by atoms with Crippen LogP contribution in [0.4, 0.5) is 0 Å². The molecule has 2 heteroatoms. The van der Waals surface area contributed by atoms with Crippen molar-refractivity contribution in [1.82, 2.24) is 9.38 Å². The molecule has 0 aliphatic carbocycles. The van der Waals surface area contributed by atoms with Crippen molar-refractivity contribution < 1.29 is 0 Å². The maximum absolute atomic E-state index is 4.92. The molecule has 2 aromatic heterocycles. The third-order valence-corrected chi connectivity index (χ3v) is 4.39. The molecule has 2 nitrogen and oxygen atoms in total. The third-order valence-electron chi connectivity index (χ3n) is 4.39. The molecule has 0 aliphatic heterocycles. The van der Waals surface area contributed by atoms with E-state index in [-0.39, 0.29) is 5.41 Å². The van der Waals surface area contributed by atoms with E-state index < -0.39 is 0 Å². The van der Waals surface area contributed by atoms with Gasteiger partial charge in [0, 0.05) is 11.8 Å². The number of nitrogens with zero attached hydrogens (tertiary/aromatic N) is 2. The number of rotatable bonds is 1. The summed E-state index contributed by atoms with van der Waals surface area (Å²) in [4.78, 5) is 4.92. The zero-order chi connectivity index (χ0) is 16.0. The molecule has 114 valence electrons. The van der Waals surface area contributed by atoms with Crippen LogP contribution < -0.4 is 0 Å². The monoisotopic (exact) mass is 300 g/mol. The second-order valence-electron chi connectivity index (χ2n) is 7.04. The minimum atomic E-state index is 0.166. The Hall–Kier alpha value is -2.61. The lowest BCUT2D eigenvalue weighted by Crippen LogP contribution is -2.10. The van der Waals surface area contributed by atoms with Crippen LogP contribution in [0.3, 0.4) is 0 Å². The van der Waals surface area contributed by atoms with Crippen LogP contribution >= 0.6 is 0 Å². The molecule has 2 aromatic carbocycles. The summed E-state index contributed by atoms with van der Waals surface area (Å²) < 4.78 is 2.22. The lowest BCUT2D eigenvalue weighted by atomic mass is 9.86. The highest BCUT2D eigenvalue weighted by Gasteiger charge is 2.14. The van der Waals surface area contributed by atoms with Gasteiger partial charge in [0.1, 0.15) is 0 Å². The number of benzene rings is 2. The van der Waals surface area contributed by atoms with Gasteiger partial charge in [0.2, 0.25) is 0 Å². The van der Waals surface area contributed by atoms with Crippen molar-refractivity contribution in [3.05, 3.63) is 72.4 Å². The van der Waals surface area contributed by atoms with Crippen LogP contribution in [0.25, 0.3) is 27.8 Å². The molecule has 0 bridgehead atoms. The lowest BCUT2D eigenvalue weighted by Gasteiger charge is -2.19. The summed E-state index contributed by atoms with van der Waals surface area (Å²) in [6.45, 7) is 6.71. The van der Waals surface area contributed by atoms with Crippen molar-refractivity contribution in [3.63, 3.8) is 0 Å². The molecule has 0 fully saturated rings. The minimum absolute atomic E-state index is 0.166. The first-order chi connectivity index (χ1) is 11.0. The highest BCUT2D eigenvalue weighted by molar-refractivity contribution is 5.87. The third kappa shape index (κ3) is 2.31. The van der Waals surface area contributed by atoms with E-state index in [0.29, 0.717) is 0 Å². The van der Waals surface area contributed by atoms with Gasteiger partial charge in [-0.05, 0) is 35.2 Å². The molecule has 0 spiro atoms. The summed E-state index contributed by atoms with van der Waals surface area (Å²) >= 11 is 0. The zero-order valence-electron chi connectivity index (χ0n) is 13.7. The van der Waals surface area contributed by atoms with Crippen LogP contribution in [-0.4, -0.2) is 9.38 Å². The van der Waals surface area contributed by atoms with E-state index >= 15 is 0 Å². The first-order valence-electron chi connectivity index (χ1n) is 8.01. The van der Waals surface area contributed by atoms with Gasteiger partial charge in [-0.1, -0.05) is 57.2 Å². The molecule has 0 atom stereocenters. The Morgan fingerprint density at radius 2 is 1.48 bits per heavy atom. The van der Waals surface area contributed by atoms with Gasteiger partial charge in [0.15, 0.2) is 0 Å². The smallest absolute Gasteiger partial charge is 0.0950 e. The summed E-state index contributed by atoms with van der Waals surface area (Å²) in [5.41, 5.74) is 7.01. The summed E-state index contributed by atoms with van der Waals surface area (Å²) in [6.07, 6.45) is 2.10. The molecule has 0 saturated carbocycles. The maximum atomic E-state index is 4.92. The van der Waals surface area contributed by atoms with E-state index in [2.05, 4.69) is 86.0 Å². The lowest BCUT2D eigenvalue weighted by molar-refractivity contribution is 0.590. The second-order valence-corrected chi connectivity index (χ2v) is 7.04. The topological polar surface area (TPSA) is 17.3 Å². The maximum Gasteiger partial charge on any atom is 0.0950 e. The van der Waals surface area contributed by atoms with Gasteiger partial charge < -0.3 is 4.40 Å². The van der Waals surface area contributed by atoms with E-state index in [9.17, 15) is 0 Å². The van der Waals surface area contributed by atoms with Gasteiger partial charge in [-0.25, -0.2) is 4.98 Å². The number of fused-ring (bicyclic) bond motifs is 3. The summed E-state index contributed by atoms with van der Waals surface area (Å²) in [5, 5.41) is 0. The van der Waals surface area contributed by atoms with Crippen molar-refractivity contribution in [2.45, 2.75) is 26.2 Å².